The second-order valence-electron chi connectivity index (χ2n) is 4.30. The Bertz CT molecular complexity index is 563. The third-order valence-electron chi connectivity index (χ3n) is 2.93. The molecule has 0 spiro atoms. The van der Waals surface area contributed by atoms with Crippen LogP contribution in [-0.4, -0.2) is 28.9 Å². The molecule has 2 N–H and O–H groups in total. The highest BCUT2D eigenvalue weighted by Crippen LogP contribution is 2.32. The first-order valence-electron chi connectivity index (χ1n) is 6.31. The minimum absolute atomic E-state index is 0.0345. The minimum Gasteiger partial charge on any atom is -0.493 e. The molecule has 1 heterocycles. The lowest BCUT2D eigenvalue weighted by Gasteiger charge is -2.16. The summed E-state index contributed by atoms with van der Waals surface area (Å²) in [4.78, 5) is 4.03. The van der Waals surface area contributed by atoms with Crippen molar-refractivity contribution in [3.63, 3.8) is 0 Å². The van der Waals surface area contributed by atoms with Gasteiger partial charge in [-0.05, 0) is 13.0 Å². The third kappa shape index (κ3) is 3.88. The Balaban J connectivity index is 2.11. The van der Waals surface area contributed by atoms with Crippen LogP contribution in [0.15, 0.2) is 24.5 Å². The van der Waals surface area contributed by atoms with E-state index in [1.54, 1.807) is 18.2 Å². The van der Waals surface area contributed by atoms with E-state index in [4.69, 9.17) is 4.74 Å². The molecular weight excluding hydrogens is 282 g/mol. The van der Waals surface area contributed by atoms with Gasteiger partial charge in [0.15, 0.2) is 11.5 Å². The summed E-state index contributed by atoms with van der Waals surface area (Å²) in [6, 6.07) is 4.87. The van der Waals surface area contributed by atoms with E-state index in [0.29, 0.717) is 17.9 Å². The molecule has 0 fully saturated rings. The van der Waals surface area contributed by atoms with Crippen molar-refractivity contribution in [3.8, 4) is 11.5 Å². The number of hydrogen-bond acceptors (Lipinski definition) is 5. The largest absolute Gasteiger partial charge is 0.493 e. The molecular formula is C13H16F2N4O2. The molecule has 2 rings (SSSR count). The van der Waals surface area contributed by atoms with Gasteiger partial charge in [0, 0.05) is 12.1 Å². The summed E-state index contributed by atoms with van der Waals surface area (Å²) in [7, 11) is 1.40. The number of aromatic nitrogens is 3. The first kappa shape index (κ1) is 15.2. The summed E-state index contributed by atoms with van der Waals surface area (Å²) >= 11 is 0. The molecule has 21 heavy (non-hydrogen) atoms. The van der Waals surface area contributed by atoms with E-state index in [1.807, 2.05) is 6.92 Å². The maximum Gasteiger partial charge on any atom is 0.387 e. The molecule has 2 aromatic rings. The summed E-state index contributed by atoms with van der Waals surface area (Å²) < 4.78 is 34.6. The van der Waals surface area contributed by atoms with Crippen LogP contribution in [0.25, 0.3) is 0 Å². The van der Waals surface area contributed by atoms with Gasteiger partial charge in [0.25, 0.3) is 0 Å². The van der Waals surface area contributed by atoms with Gasteiger partial charge in [-0.3, -0.25) is 5.10 Å². The molecule has 0 saturated carbocycles. The summed E-state index contributed by atoms with van der Waals surface area (Å²) in [5, 5.41) is 9.66. The van der Waals surface area contributed by atoms with Gasteiger partial charge in [0.1, 0.15) is 12.2 Å². The van der Waals surface area contributed by atoms with E-state index in [0.717, 1.165) is 0 Å². The topological polar surface area (TPSA) is 72.1 Å². The van der Waals surface area contributed by atoms with Gasteiger partial charge in [-0.1, -0.05) is 12.1 Å². The van der Waals surface area contributed by atoms with Crippen molar-refractivity contribution in [2.24, 2.45) is 0 Å². The zero-order valence-electron chi connectivity index (χ0n) is 11.6. The zero-order valence-corrected chi connectivity index (χ0v) is 11.6. The first-order valence-corrected chi connectivity index (χ1v) is 6.31. The number of halogens is 2. The van der Waals surface area contributed by atoms with Crippen LogP contribution in [0.3, 0.4) is 0 Å². The molecule has 1 aromatic carbocycles. The molecule has 0 amide bonds. The van der Waals surface area contributed by atoms with Crippen LogP contribution >= 0.6 is 0 Å². The fourth-order valence-electron chi connectivity index (χ4n) is 1.87. The fourth-order valence-corrected chi connectivity index (χ4v) is 1.87. The number of aromatic amines is 1. The Kier molecular flexibility index (Phi) is 5.04. The Morgan fingerprint density at radius 3 is 2.81 bits per heavy atom. The molecule has 114 valence electrons. The average Bonchev–Trinajstić information content (AvgIpc) is 2.99. The van der Waals surface area contributed by atoms with Crippen molar-refractivity contribution in [3.05, 3.63) is 35.9 Å². The molecule has 6 nitrogen and oxygen atoms in total. The lowest BCUT2D eigenvalue weighted by Crippen LogP contribution is -2.20. The lowest BCUT2D eigenvalue weighted by molar-refractivity contribution is -0.0518. The van der Waals surface area contributed by atoms with E-state index in [2.05, 4.69) is 25.2 Å². The standard InChI is InChI=1S/C13H16F2N4O2/c1-8(12-17-7-18-19-12)16-6-9-4-3-5-10(20-2)11(9)21-13(14)15/h3-5,7-8,13,16H,6H2,1-2H3,(H,17,18,19). The van der Waals surface area contributed by atoms with Crippen LogP contribution in [0.4, 0.5) is 8.78 Å². The minimum atomic E-state index is -2.91. The van der Waals surface area contributed by atoms with Crippen molar-refractivity contribution >= 4 is 0 Å². The number of hydrogen-bond donors (Lipinski definition) is 2. The molecule has 0 aliphatic heterocycles. The maximum atomic E-state index is 12.5. The van der Waals surface area contributed by atoms with Crippen molar-refractivity contribution in [2.75, 3.05) is 7.11 Å². The predicted molar refractivity (Wildman–Crippen MR) is 71.3 cm³/mol. The Morgan fingerprint density at radius 1 is 1.38 bits per heavy atom. The monoisotopic (exact) mass is 298 g/mol. The normalized spacial score (nSPS) is 12.4. The molecule has 1 atom stereocenters. The van der Waals surface area contributed by atoms with E-state index < -0.39 is 6.61 Å². The summed E-state index contributed by atoms with van der Waals surface area (Å²) in [5.74, 6) is 0.961. The van der Waals surface area contributed by atoms with Gasteiger partial charge in [0.05, 0.1) is 13.2 Å². The van der Waals surface area contributed by atoms with E-state index in [1.165, 1.54) is 13.4 Å². The average molecular weight is 298 g/mol. The number of benzene rings is 1. The smallest absolute Gasteiger partial charge is 0.387 e. The number of para-hydroxylation sites is 1. The van der Waals surface area contributed by atoms with Crippen LogP contribution < -0.4 is 14.8 Å². The number of H-pyrrole nitrogens is 1. The second kappa shape index (κ2) is 6.98. The Morgan fingerprint density at radius 2 is 2.19 bits per heavy atom. The number of nitrogens with one attached hydrogen (secondary N) is 2. The van der Waals surface area contributed by atoms with Crippen LogP contribution in [0.5, 0.6) is 11.5 Å². The van der Waals surface area contributed by atoms with Crippen LogP contribution in [0.1, 0.15) is 24.4 Å². The summed E-state index contributed by atoms with van der Waals surface area (Å²) in [6.45, 7) is -0.707. The highest BCUT2D eigenvalue weighted by molar-refractivity contribution is 5.46. The van der Waals surface area contributed by atoms with Crippen molar-refractivity contribution < 1.29 is 18.3 Å². The number of ether oxygens (including phenoxy) is 2. The Hall–Kier alpha value is -2.22. The Labute approximate surface area is 120 Å². The van der Waals surface area contributed by atoms with Crippen LogP contribution in [-0.2, 0) is 6.54 Å². The molecule has 8 heteroatoms. The van der Waals surface area contributed by atoms with Crippen LogP contribution in [0, 0.1) is 0 Å². The second-order valence-corrected chi connectivity index (χ2v) is 4.30. The SMILES string of the molecule is COc1cccc(CNC(C)c2ncn[nH]2)c1OC(F)F. The van der Waals surface area contributed by atoms with Gasteiger partial charge >= 0.3 is 6.61 Å². The van der Waals surface area contributed by atoms with Gasteiger partial charge in [-0.15, -0.1) is 0 Å². The van der Waals surface area contributed by atoms with Gasteiger partial charge in [-0.25, -0.2) is 4.98 Å². The molecule has 0 saturated heterocycles. The maximum absolute atomic E-state index is 12.5. The molecule has 0 bridgehead atoms. The van der Waals surface area contributed by atoms with Gasteiger partial charge in [0.2, 0.25) is 0 Å². The highest BCUT2D eigenvalue weighted by atomic mass is 19.3. The van der Waals surface area contributed by atoms with Gasteiger partial charge < -0.3 is 14.8 Å². The number of nitrogens with zero attached hydrogens (tertiary/aromatic N) is 2. The summed E-state index contributed by atoms with van der Waals surface area (Å²) in [6.07, 6.45) is 1.41. The van der Waals surface area contributed by atoms with Crippen molar-refractivity contribution in [1.29, 1.82) is 0 Å². The predicted octanol–water partition coefficient (Wildman–Crippen LogP) is 2.27. The van der Waals surface area contributed by atoms with E-state index in [-0.39, 0.29) is 17.5 Å². The molecule has 0 aliphatic carbocycles. The van der Waals surface area contributed by atoms with Crippen LogP contribution in [0.2, 0.25) is 0 Å². The molecule has 0 radical (unpaired) electrons. The van der Waals surface area contributed by atoms with E-state index >= 15 is 0 Å². The van der Waals surface area contributed by atoms with Crippen molar-refractivity contribution in [2.45, 2.75) is 26.1 Å². The third-order valence-corrected chi connectivity index (χ3v) is 2.93. The number of methoxy groups -OCH3 is 1. The molecule has 1 unspecified atom stereocenters. The molecule has 1 aromatic heterocycles. The molecule has 0 aliphatic rings. The quantitative estimate of drug-likeness (QED) is 0.820. The first-order chi connectivity index (χ1) is 10.1. The lowest BCUT2D eigenvalue weighted by atomic mass is 10.1. The van der Waals surface area contributed by atoms with E-state index in [9.17, 15) is 8.78 Å². The van der Waals surface area contributed by atoms with Crippen molar-refractivity contribution in [1.82, 2.24) is 20.5 Å². The highest BCUT2D eigenvalue weighted by Gasteiger charge is 2.16. The summed E-state index contributed by atoms with van der Waals surface area (Å²) in [5.41, 5.74) is 0.570. The van der Waals surface area contributed by atoms with Gasteiger partial charge in [-0.2, -0.15) is 13.9 Å². The number of alkyl halides is 2. The number of rotatable bonds is 7. The fraction of sp³-hybridized carbons (Fsp3) is 0.385. The zero-order chi connectivity index (χ0) is 15.2.